The highest BCUT2D eigenvalue weighted by Crippen LogP contribution is 2.29. The fraction of sp³-hybridized carbons (Fsp3) is 0.562. The molecule has 1 saturated heterocycles. The molecule has 9 heteroatoms. The van der Waals surface area contributed by atoms with Crippen molar-refractivity contribution in [3.05, 3.63) is 28.8 Å². The maximum absolute atomic E-state index is 13.1. The quantitative estimate of drug-likeness (QED) is 0.729. The zero-order valence-electron chi connectivity index (χ0n) is 14.3. The van der Waals surface area contributed by atoms with Crippen LogP contribution in [0.2, 0.25) is 5.02 Å². The Morgan fingerprint density at radius 3 is 2.52 bits per heavy atom. The number of rotatable bonds is 6. The maximum atomic E-state index is 13.1. The number of halogens is 2. The van der Waals surface area contributed by atoms with E-state index >= 15 is 0 Å². The second-order valence-corrected chi connectivity index (χ2v) is 8.00. The second kappa shape index (κ2) is 9.73. The number of carbonyl (C=O) groups is 1. The summed E-state index contributed by atoms with van der Waals surface area (Å²) in [7, 11) is -2.46. The van der Waals surface area contributed by atoms with Gasteiger partial charge in [0.05, 0.1) is 17.7 Å². The van der Waals surface area contributed by atoms with Gasteiger partial charge in [-0.25, -0.2) is 13.2 Å². The highest BCUT2D eigenvalue weighted by molar-refractivity contribution is 7.89. The van der Waals surface area contributed by atoms with Gasteiger partial charge < -0.3 is 10.1 Å². The van der Waals surface area contributed by atoms with E-state index in [0.29, 0.717) is 6.54 Å². The van der Waals surface area contributed by atoms with E-state index in [4.69, 9.17) is 11.6 Å². The Labute approximate surface area is 160 Å². The topological polar surface area (TPSA) is 75.7 Å². The summed E-state index contributed by atoms with van der Waals surface area (Å²) in [6.07, 6.45) is 2.27. The Hall–Kier alpha value is -0.860. The first kappa shape index (κ1) is 22.2. The van der Waals surface area contributed by atoms with Gasteiger partial charge >= 0.3 is 5.97 Å². The lowest BCUT2D eigenvalue weighted by Gasteiger charge is -2.33. The molecule has 25 heavy (non-hydrogen) atoms. The largest absolute Gasteiger partial charge is 0.465 e. The van der Waals surface area contributed by atoms with Gasteiger partial charge in [0.15, 0.2) is 0 Å². The van der Waals surface area contributed by atoms with Gasteiger partial charge in [-0.05, 0) is 50.6 Å². The van der Waals surface area contributed by atoms with Crippen LogP contribution in [0.5, 0.6) is 0 Å². The van der Waals surface area contributed by atoms with Crippen molar-refractivity contribution in [1.29, 1.82) is 0 Å². The standard InChI is InChI=1S/C16H23ClN2O4S.ClH/c1-3-10-19(13-6-8-18-9-7-13)24(21,22)15-5-4-12(11-14(15)17)16(20)23-2;/h4-5,11,13,18H,3,6-10H2,1-2H3;1H. The van der Waals surface area contributed by atoms with Crippen LogP contribution in [0.4, 0.5) is 0 Å². The maximum Gasteiger partial charge on any atom is 0.337 e. The van der Waals surface area contributed by atoms with Gasteiger partial charge in [-0.1, -0.05) is 18.5 Å². The van der Waals surface area contributed by atoms with Crippen molar-refractivity contribution in [2.75, 3.05) is 26.7 Å². The molecule has 1 fully saturated rings. The Morgan fingerprint density at radius 2 is 2.00 bits per heavy atom. The van der Waals surface area contributed by atoms with Crippen molar-refractivity contribution in [1.82, 2.24) is 9.62 Å². The van der Waals surface area contributed by atoms with E-state index in [9.17, 15) is 13.2 Å². The van der Waals surface area contributed by atoms with E-state index in [0.717, 1.165) is 32.4 Å². The highest BCUT2D eigenvalue weighted by Gasteiger charge is 2.33. The van der Waals surface area contributed by atoms with Crippen LogP contribution in [-0.2, 0) is 14.8 Å². The van der Waals surface area contributed by atoms with Crippen LogP contribution in [0.25, 0.3) is 0 Å². The number of hydrogen-bond acceptors (Lipinski definition) is 5. The predicted octanol–water partition coefficient (Wildman–Crippen LogP) is 2.70. The fourth-order valence-corrected chi connectivity index (χ4v) is 5.19. The molecule has 0 radical (unpaired) electrons. The number of methoxy groups -OCH3 is 1. The number of esters is 1. The molecule has 1 aromatic carbocycles. The third kappa shape index (κ3) is 5.08. The molecule has 0 atom stereocenters. The Kier molecular flexibility index (Phi) is 8.63. The molecule has 0 bridgehead atoms. The molecule has 6 nitrogen and oxygen atoms in total. The molecule has 1 aliphatic rings. The van der Waals surface area contributed by atoms with Gasteiger partial charge in [-0.15, -0.1) is 12.4 Å². The summed E-state index contributed by atoms with van der Waals surface area (Å²) >= 11 is 6.17. The molecule has 0 unspecified atom stereocenters. The fourth-order valence-electron chi connectivity index (χ4n) is 2.90. The number of hydrogen-bond donors (Lipinski definition) is 1. The van der Waals surface area contributed by atoms with Gasteiger partial charge in [0.25, 0.3) is 0 Å². The van der Waals surface area contributed by atoms with Gasteiger partial charge in [0, 0.05) is 12.6 Å². The Morgan fingerprint density at radius 1 is 1.36 bits per heavy atom. The van der Waals surface area contributed by atoms with Crippen LogP contribution in [0.3, 0.4) is 0 Å². The van der Waals surface area contributed by atoms with Crippen molar-refractivity contribution in [3.8, 4) is 0 Å². The Balaban J connectivity index is 0.00000312. The van der Waals surface area contributed by atoms with Crippen LogP contribution in [0, 0.1) is 0 Å². The average molecular weight is 411 g/mol. The lowest BCUT2D eigenvalue weighted by Crippen LogP contribution is -2.46. The molecule has 1 heterocycles. The van der Waals surface area contributed by atoms with E-state index < -0.39 is 16.0 Å². The number of ether oxygens (including phenoxy) is 1. The summed E-state index contributed by atoms with van der Waals surface area (Å²) < 4.78 is 32.4. The third-order valence-electron chi connectivity index (χ3n) is 4.10. The van der Waals surface area contributed by atoms with Crippen molar-refractivity contribution in [3.63, 3.8) is 0 Å². The minimum atomic E-state index is -3.72. The van der Waals surface area contributed by atoms with Crippen LogP contribution in [-0.4, -0.2) is 51.5 Å². The summed E-state index contributed by atoms with van der Waals surface area (Å²) in [5.41, 5.74) is 0.227. The average Bonchev–Trinajstić information content (AvgIpc) is 2.59. The Bertz CT molecular complexity index is 691. The molecule has 0 spiro atoms. The van der Waals surface area contributed by atoms with E-state index in [1.165, 1.54) is 25.3 Å². The first-order valence-electron chi connectivity index (χ1n) is 8.02. The van der Waals surface area contributed by atoms with Gasteiger partial charge in [0.1, 0.15) is 4.90 Å². The first-order valence-corrected chi connectivity index (χ1v) is 9.84. The normalized spacial score (nSPS) is 15.7. The summed E-state index contributed by atoms with van der Waals surface area (Å²) in [4.78, 5) is 11.6. The summed E-state index contributed by atoms with van der Waals surface area (Å²) in [6, 6.07) is 4.12. The smallest absolute Gasteiger partial charge is 0.337 e. The van der Waals surface area contributed by atoms with Gasteiger partial charge in [-0.3, -0.25) is 0 Å². The summed E-state index contributed by atoms with van der Waals surface area (Å²) in [5, 5.41) is 3.28. The molecule has 0 saturated carbocycles. The zero-order valence-corrected chi connectivity index (χ0v) is 16.7. The number of piperidine rings is 1. The highest BCUT2D eigenvalue weighted by atomic mass is 35.5. The molecule has 2 rings (SSSR count). The number of carbonyl (C=O) groups excluding carboxylic acids is 1. The predicted molar refractivity (Wildman–Crippen MR) is 100 cm³/mol. The molecule has 0 amide bonds. The van der Waals surface area contributed by atoms with E-state index in [2.05, 4.69) is 10.1 Å². The molecule has 0 aromatic heterocycles. The van der Waals surface area contributed by atoms with Crippen LogP contribution in [0.15, 0.2) is 23.1 Å². The molecule has 1 aromatic rings. The summed E-state index contributed by atoms with van der Waals surface area (Å²) in [6.45, 7) is 4.00. The number of benzene rings is 1. The van der Waals surface area contributed by atoms with E-state index in [1.54, 1.807) is 4.31 Å². The molecule has 1 N–H and O–H groups in total. The SMILES string of the molecule is CCCN(C1CCNCC1)S(=O)(=O)c1ccc(C(=O)OC)cc1Cl.Cl. The summed E-state index contributed by atoms with van der Waals surface area (Å²) in [5.74, 6) is -0.551. The zero-order chi connectivity index (χ0) is 17.7. The van der Waals surface area contributed by atoms with Crippen molar-refractivity contribution < 1.29 is 17.9 Å². The number of nitrogens with zero attached hydrogens (tertiary/aromatic N) is 1. The van der Waals surface area contributed by atoms with E-state index in [-0.39, 0.29) is 33.9 Å². The minimum Gasteiger partial charge on any atom is -0.465 e. The number of nitrogens with one attached hydrogen (secondary N) is 1. The third-order valence-corrected chi connectivity index (χ3v) is 6.53. The van der Waals surface area contributed by atoms with Crippen LogP contribution < -0.4 is 5.32 Å². The molecular formula is C16H24Cl2N2O4S. The van der Waals surface area contributed by atoms with Gasteiger partial charge in [0.2, 0.25) is 10.0 Å². The molecule has 142 valence electrons. The van der Waals surface area contributed by atoms with Gasteiger partial charge in [-0.2, -0.15) is 4.31 Å². The monoisotopic (exact) mass is 410 g/mol. The number of sulfonamides is 1. The lowest BCUT2D eigenvalue weighted by atomic mass is 10.1. The lowest BCUT2D eigenvalue weighted by molar-refractivity contribution is 0.0600. The molecule has 1 aliphatic heterocycles. The van der Waals surface area contributed by atoms with E-state index in [1.807, 2.05) is 6.92 Å². The molecular weight excluding hydrogens is 387 g/mol. The van der Waals surface area contributed by atoms with Crippen LogP contribution >= 0.6 is 24.0 Å². The molecule has 0 aliphatic carbocycles. The first-order chi connectivity index (χ1) is 11.4. The van der Waals surface area contributed by atoms with Crippen LogP contribution in [0.1, 0.15) is 36.5 Å². The van der Waals surface area contributed by atoms with Crippen molar-refractivity contribution in [2.24, 2.45) is 0 Å². The second-order valence-electron chi connectivity index (χ2n) is 5.73. The van der Waals surface area contributed by atoms with Crippen molar-refractivity contribution in [2.45, 2.75) is 37.1 Å². The minimum absolute atomic E-state index is 0. The van der Waals surface area contributed by atoms with Crippen molar-refractivity contribution >= 4 is 40.0 Å².